The molecule has 1 aromatic rings. The first-order chi connectivity index (χ1) is 5.63. The van der Waals surface area contributed by atoms with Crippen LogP contribution in [0.3, 0.4) is 0 Å². The Morgan fingerprint density at radius 1 is 1.83 bits per heavy atom. The molecule has 1 N–H and O–H groups in total. The zero-order chi connectivity index (χ0) is 9.14. The topological polar surface area (TPSA) is 46.9 Å². The first-order valence-corrected chi connectivity index (χ1v) is 4.41. The highest BCUT2D eigenvalue weighted by Gasteiger charge is 2.06. The van der Waals surface area contributed by atoms with Crippen molar-refractivity contribution >= 4 is 27.5 Å². The molecule has 0 unspecified atom stereocenters. The van der Waals surface area contributed by atoms with E-state index >= 15 is 0 Å². The summed E-state index contributed by atoms with van der Waals surface area (Å²) < 4.78 is 2.29. The van der Waals surface area contributed by atoms with Crippen molar-refractivity contribution in [1.29, 1.82) is 0 Å². The van der Waals surface area contributed by atoms with E-state index in [9.17, 15) is 4.79 Å². The lowest BCUT2D eigenvalue weighted by atomic mass is 10.4. The van der Waals surface area contributed by atoms with Crippen molar-refractivity contribution in [3.63, 3.8) is 0 Å². The Morgan fingerprint density at radius 2 is 2.50 bits per heavy atom. The van der Waals surface area contributed by atoms with Crippen molar-refractivity contribution in [1.82, 2.24) is 9.78 Å². The molecule has 12 heavy (non-hydrogen) atoms. The molecule has 0 saturated carbocycles. The molecule has 0 spiro atoms. The molecule has 66 valence electrons. The van der Waals surface area contributed by atoms with E-state index in [4.69, 9.17) is 0 Å². The Balaban J connectivity index is 2.75. The number of rotatable bonds is 2. The number of carbonyl (C=O) groups is 1. The van der Waals surface area contributed by atoms with Crippen LogP contribution in [0, 0.1) is 0 Å². The number of aromatic nitrogens is 2. The van der Waals surface area contributed by atoms with Gasteiger partial charge in [-0.15, -0.1) is 0 Å². The molecule has 0 aliphatic carbocycles. The fraction of sp³-hybridized carbons (Fsp3) is 0.429. The largest absolute Gasteiger partial charge is 0.322 e. The minimum atomic E-state index is -0.0105. The molecule has 1 rings (SSSR count). The maximum Gasteiger partial charge on any atom is 0.224 e. The van der Waals surface area contributed by atoms with Crippen molar-refractivity contribution in [2.45, 2.75) is 13.3 Å². The molecule has 5 heteroatoms. The van der Waals surface area contributed by atoms with Gasteiger partial charge < -0.3 is 5.32 Å². The maximum atomic E-state index is 11.0. The summed E-state index contributed by atoms with van der Waals surface area (Å²) in [4.78, 5) is 11.0. The van der Waals surface area contributed by atoms with Crippen molar-refractivity contribution in [3.8, 4) is 0 Å². The summed E-state index contributed by atoms with van der Waals surface area (Å²) in [6.07, 6.45) is 2.22. The Hall–Kier alpha value is -0.840. The van der Waals surface area contributed by atoms with E-state index in [1.54, 1.807) is 24.9 Å². The molecule has 1 amide bonds. The lowest BCUT2D eigenvalue weighted by molar-refractivity contribution is -0.115. The fourth-order valence-electron chi connectivity index (χ4n) is 0.784. The summed E-state index contributed by atoms with van der Waals surface area (Å²) in [5, 5.41) is 6.73. The summed E-state index contributed by atoms with van der Waals surface area (Å²) in [5.41, 5.74) is 0.712. The van der Waals surface area contributed by atoms with E-state index in [0.717, 1.165) is 0 Å². The van der Waals surface area contributed by atoms with Gasteiger partial charge in [-0.1, -0.05) is 6.92 Å². The van der Waals surface area contributed by atoms with Gasteiger partial charge in [0, 0.05) is 19.7 Å². The molecule has 1 heterocycles. The minimum absolute atomic E-state index is 0.0105. The molecule has 0 radical (unpaired) electrons. The zero-order valence-electron chi connectivity index (χ0n) is 6.97. The van der Waals surface area contributed by atoms with Crippen LogP contribution in [0.15, 0.2) is 10.8 Å². The number of hydrogen-bond acceptors (Lipinski definition) is 2. The number of halogens is 1. The summed E-state index contributed by atoms with van der Waals surface area (Å²) in [6.45, 7) is 1.81. The van der Waals surface area contributed by atoms with Crippen molar-refractivity contribution < 1.29 is 4.79 Å². The van der Waals surface area contributed by atoms with Gasteiger partial charge >= 0.3 is 0 Å². The van der Waals surface area contributed by atoms with Gasteiger partial charge in [0.15, 0.2) is 4.60 Å². The van der Waals surface area contributed by atoms with Gasteiger partial charge in [-0.2, -0.15) is 5.10 Å². The number of nitrogens with zero attached hydrogens (tertiary/aromatic N) is 2. The molecule has 1 aromatic heterocycles. The molecule has 4 nitrogen and oxygen atoms in total. The highest BCUT2D eigenvalue weighted by atomic mass is 79.9. The third kappa shape index (κ3) is 2.07. The van der Waals surface area contributed by atoms with E-state index < -0.39 is 0 Å². The molecule has 0 bridgehead atoms. The molecule has 0 aliphatic heterocycles. The van der Waals surface area contributed by atoms with Gasteiger partial charge in [-0.25, -0.2) is 0 Å². The predicted octanol–water partition coefficient (Wildman–Crippen LogP) is 1.53. The Bertz CT molecular complexity index is 295. The minimum Gasteiger partial charge on any atom is -0.322 e. The first kappa shape index (κ1) is 9.25. The van der Waals surface area contributed by atoms with Crippen LogP contribution in [0.25, 0.3) is 0 Å². The molecule has 0 aliphatic rings. The molecule has 0 saturated heterocycles. The van der Waals surface area contributed by atoms with Gasteiger partial charge in [0.25, 0.3) is 0 Å². The summed E-state index contributed by atoms with van der Waals surface area (Å²) >= 11 is 3.23. The Morgan fingerprint density at radius 3 is 2.92 bits per heavy atom. The number of hydrogen-bond donors (Lipinski definition) is 1. The van der Waals surface area contributed by atoms with Crippen LogP contribution in [-0.2, 0) is 11.8 Å². The predicted molar refractivity (Wildman–Crippen MR) is 49.8 cm³/mol. The van der Waals surface area contributed by atoms with Crippen LogP contribution < -0.4 is 5.32 Å². The van der Waals surface area contributed by atoms with Gasteiger partial charge in [-0.3, -0.25) is 9.48 Å². The monoisotopic (exact) mass is 231 g/mol. The van der Waals surface area contributed by atoms with Crippen LogP contribution in [0.2, 0.25) is 0 Å². The smallest absolute Gasteiger partial charge is 0.224 e. The second-order valence-corrected chi connectivity index (χ2v) is 3.16. The van der Waals surface area contributed by atoms with Crippen molar-refractivity contribution in [2.75, 3.05) is 5.32 Å². The number of amides is 1. The van der Waals surface area contributed by atoms with Gasteiger partial charge in [-0.05, 0) is 15.9 Å². The van der Waals surface area contributed by atoms with Crippen molar-refractivity contribution in [2.24, 2.45) is 7.05 Å². The highest BCUT2D eigenvalue weighted by Crippen LogP contribution is 2.19. The first-order valence-electron chi connectivity index (χ1n) is 3.62. The summed E-state index contributed by atoms with van der Waals surface area (Å²) in [6, 6.07) is 0. The fourth-order valence-corrected chi connectivity index (χ4v) is 1.24. The quantitative estimate of drug-likeness (QED) is 0.840. The number of carbonyl (C=O) groups excluding carboxylic acids is 1. The van der Waals surface area contributed by atoms with Crippen LogP contribution in [0.4, 0.5) is 5.69 Å². The van der Waals surface area contributed by atoms with Gasteiger partial charge in [0.05, 0.1) is 5.69 Å². The highest BCUT2D eigenvalue weighted by molar-refractivity contribution is 9.10. The second-order valence-electron chi connectivity index (χ2n) is 2.41. The van der Waals surface area contributed by atoms with Crippen LogP contribution in [0.5, 0.6) is 0 Å². The lowest BCUT2D eigenvalue weighted by Gasteiger charge is -1.98. The number of aryl methyl sites for hydroxylation is 1. The Labute approximate surface area is 79.1 Å². The van der Waals surface area contributed by atoms with E-state index in [-0.39, 0.29) is 5.91 Å². The van der Waals surface area contributed by atoms with Crippen molar-refractivity contribution in [3.05, 3.63) is 10.8 Å². The lowest BCUT2D eigenvalue weighted by Crippen LogP contribution is -2.08. The molecule has 0 fully saturated rings. The van der Waals surface area contributed by atoms with Crippen LogP contribution in [0.1, 0.15) is 13.3 Å². The maximum absolute atomic E-state index is 11.0. The SMILES string of the molecule is CCC(=O)Nc1cn(C)nc1Br. The van der Waals surface area contributed by atoms with Gasteiger partial charge in [0.1, 0.15) is 0 Å². The van der Waals surface area contributed by atoms with Crippen LogP contribution in [-0.4, -0.2) is 15.7 Å². The molecular formula is C7H10BrN3O. The van der Waals surface area contributed by atoms with E-state index in [2.05, 4.69) is 26.3 Å². The second kappa shape index (κ2) is 3.71. The summed E-state index contributed by atoms with van der Waals surface area (Å²) in [5.74, 6) is -0.0105. The van der Waals surface area contributed by atoms with E-state index in [0.29, 0.717) is 16.7 Å². The van der Waals surface area contributed by atoms with Crippen LogP contribution >= 0.6 is 15.9 Å². The molecule has 0 atom stereocenters. The van der Waals surface area contributed by atoms with Gasteiger partial charge in [0.2, 0.25) is 5.91 Å². The van der Waals surface area contributed by atoms with E-state index in [1.807, 2.05) is 0 Å². The average molecular weight is 232 g/mol. The number of nitrogens with one attached hydrogen (secondary N) is 1. The summed E-state index contributed by atoms with van der Waals surface area (Å²) in [7, 11) is 1.80. The third-order valence-electron chi connectivity index (χ3n) is 1.38. The average Bonchev–Trinajstić information content (AvgIpc) is 2.30. The normalized spacial score (nSPS) is 9.92. The Kier molecular flexibility index (Phi) is 2.86. The third-order valence-corrected chi connectivity index (χ3v) is 1.96. The number of anilines is 1. The molecular weight excluding hydrogens is 222 g/mol. The molecule has 0 aromatic carbocycles. The standard InChI is InChI=1S/C7H10BrN3O/c1-3-6(12)9-5-4-11(2)10-7(5)8/h4H,3H2,1-2H3,(H,9,12). The zero-order valence-corrected chi connectivity index (χ0v) is 8.55. The van der Waals surface area contributed by atoms with E-state index in [1.165, 1.54) is 0 Å².